The third-order valence-corrected chi connectivity index (χ3v) is 3.84. The van der Waals surface area contributed by atoms with E-state index in [1.807, 2.05) is 7.05 Å². The number of guanidine groups is 1. The minimum Gasteiger partial charge on any atom is -0.356 e. The summed E-state index contributed by atoms with van der Waals surface area (Å²) in [6.07, 6.45) is 3.06. The third-order valence-electron chi connectivity index (χ3n) is 3.84. The number of aliphatic imine (C=N–C) groups is 1. The van der Waals surface area contributed by atoms with E-state index in [-0.39, 0.29) is 0 Å². The minimum atomic E-state index is 0.841. The third kappa shape index (κ3) is 4.38. The van der Waals surface area contributed by atoms with E-state index in [0.717, 1.165) is 25.5 Å². The molecule has 0 bridgehead atoms. The van der Waals surface area contributed by atoms with Gasteiger partial charge in [0.05, 0.1) is 6.54 Å². The molecule has 118 valence electrons. The average Bonchev–Trinajstić information content (AvgIpc) is 2.90. The van der Waals surface area contributed by atoms with E-state index in [0.29, 0.717) is 0 Å². The fraction of sp³-hybridized carbons (Fsp3) is 0.389. The molecule has 0 atom stereocenters. The van der Waals surface area contributed by atoms with Gasteiger partial charge in [-0.15, -0.1) is 0 Å². The van der Waals surface area contributed by atoms with Crippen LogP contribution in [-0.4, -0.2) is 36.1 Å². The van der Waals surface area contributed by atoms with Gasteiger partial charge in [-0.25, -0.2) is 0 Å². The van der Waals surface area contributed by atoms with Gasteiger partial charge in [0.15, 0.2) is 5.96 Å². The molecule has 0 saturated heterocycles. The van der Waals surface area contributed by atoms with Crippen LogP contribution in [0.25, 0.3) is 0 Å². The Morgan fingerprint density at radius 3 is 2.55 bits per heavy atom. The first-order valence-corrected chi connectivity index (χ1v) is 7.67. The van der Waals surface area contributed by atoms with Gasteiger partial charge < -0.3 is 14.8 Å². The van der Waals surface area contributed by atoms with Gasteiger partial charge in [-0.3, -0.25) is 4.99 Å². The molecule has 0 saturated carbocycles. The molecule has 0 aliphatic heterocycles. The van der Waals surface area contributed by atoms with Crippen molar-refractivity contribution in [2.75, 3.05) is 20.6 Å². The summed E-state index contributed by atoms with van der Waals surface area (Å²) in [5.41, 5.74) is 3.91. The second-order valence-electron chi connectivity index (χ2n) is 5.68. The Hall–Kier alpha value is -2.23. The highest BCUT2D eigenvalue weighted by Crippen LogP contribution is 2.05. The van der Waals surface area contributed by atoms with E-state index < -0.39 is 0 Å². The van der Waals surface area contributed by atoms with Gasteiger partial charge in [0.1, 0.15) is 0 Å². The molecule has 4 heteroatoms. The number of hydrogen-bond donors (Lipinski definition) is 1. The Balaban J connectivity index is 1.84. The Morgan fingerprint density at radius 2 is 1.95 bits per heavy atom. The van der Waals surface area contributed by atoms with Crippen LogP contribution in [0.5, 0.6) is 0 Å². The minimum absolute atomic E-state index is 0.841. The first kappa shape index (κ1) is 16.1. The van der Waals surface area contributed by atoms with Crippen molar-refractivity contribution in [1.82, 2.24) is 14.8 Å². The maximum Gasteiger partial charge on any atom is 0.193 e. The quantitative estimate of drug-likeness (QED) is 0.680. The number of nitrogens with zero attached hydrogens (tertiary/aromatic N) is 3. The number of nitrogens with one attached hydrogen (secondary N) is 1. The summed E-state index contributed by atoms with van der Waals surface area (Å²) >= 11 is 0. The molecule has 1 aromatic carbocycles. The second-order valence-corrected chi connectivity index (χ2v) is 5.68. The normalized spacial score (nSPS) is 11.5. The summed E-state index contributed by atoms with van der Waals surface area (Å²) in [5.74, 6) is 0.924. The smallest absolute Gasteiger partial charge is 0.193 e. The highest BCUT2D eigenvalue weighted by atomic mass is 15.3. The van der Waals surface area contributed by atoms with Gasteiger partial charge in [-0.05, 0) is 31.0 Å². The molecule has 1 N–H and O–H groups in total. The molecule has 22 heavy (non-hydrogen) atoms. The molecule has 0 amide bonds. The number of rotatable bonds is 5. The topological polar surface area (TPSA) is 32.6 Å². The summed E-state index contributed by atoms with van der Waals surface area (Å²) < 4.78 is 2.14. The zero-order valence-corrected chi connectivity index (χ0v) is 14.0. The van der Waals surface area contributed by atoms with Crippen molar-refractivity contribution in [2.24, 2.45) is 12.0 Å². The number of hydrogen-bond acceptors (Lipinski definition) is 1. The predicted octanol–water partition coefficient (Wildman–Crippen LogP) is 2.58. The van der Waals surface area contributed by atoms with E-state index in [4.69, 9.17) is 0 Å². The molecule has 1 aromatic heterocycles. The summed E-state index contributed by atoms with van der Waals surface area (Å²) in [7, 11) is 5.96. The van der Waals surface area contributed by atoms with Gasteiger partial charge in [0.2, 0.25) is 0 Å². The van der Waals surface area contributed by atoms with Gasteiger partial charge in [0.25, 0.3) is 0 Å². The van der Waals surface area contributed by atoms with Crippen molar-refractivity contribution in [3.05, 3.63) is 59.4 Å². The standard InChI is InChI=1S/C18H26N4/c1-15-7-9-16(10-8-15)11-12-20-18(19-2)22(4)14-17-6-5-13-21(17)3/h5-10,13H,11-12,14H2,1-4H3,(H,19,20). The van der Waals surface area contributed by atoms with Crippen LogP contribution in [0.15, 0.2) is 47.6 Å². The Bertz CT molecular complexity index is 610. The fourth-order valence-electron chi connectivity index (χ4n) is 2.44. The van der Waals surface area contributed by atoms with Crippen molar-refractivity contribution >= 4 is 5.96 Å². The Morgan fingerprint density at radius 1 is 1.23 bits per heavy atom. The van der Waals surface area contributed by atoms with Crippen LogP contribution in [0, 0.1) is 6.92 Å². The first-order valence-electron chi connectivity index (χ1n) is 7.67. The second kappa shape index (κ2) is 7.69. The van der Waals surface area contributed by atoms with Crippen molar-refractivity contribution in [3.63, 3.8) is 0 Å². The van der Waals surface area contributed by atoms with Crippen molar-refractivity contribution in [1.29, 1.82) is 0 Å². The van der Waals surface area contributed by atoms with Crippen LogP contribution >= 0.6 is 0 Å². The monoisotopic (exact) mass is 298 g/mol. The maximum absolute atomic E-state index is 4.37. The summed E-state index contributed by atoms with van der Waals surface area (Å²) in [6.45, 7) is 3.84. The van der Waals surface area contributed by atoms with Crippen molar-refractivity contribution in [3.8, 4) is 0 Å². The van der Waals surface area contributed by atoms with E-state index in [2.05, 4.69) is 83.4 Å². The lowest BCUT2D eigenvalue weighted by Gasteiger charge is -2.22. The molecular weight excluding hydrogens is 272 g/mol. The van der Waals surface area contributed by atoms with E-state index in [9.17, 15) is 0 Å². The van der Waals surface area contributed by atoms with Crippen LogP contribution in [-0.2, 0) is 20.0 Å². The maximum atomic E-state index is 4.37. The van der Waals surface area contributed by atoms with E-state index >= 15 is 0 Å². The molecule has 4 nitrogen and oxygen atoms in total. The molecule has 2 aromatic rings. The number of aryl methyl sites for hydroxylation is 2. The van der Waals surface area contributed by atoms with Crippen LogP contribution < -0.4 is 5.32 Å². The predicted molar refractivity (Wildman–Crippen MR) is 93.1 cm³/mol. The molecule has 0 aliphatic carbocycles. The molecule has 2 rings (SSSR count). The lowest BCUT2D eigenvalue weighted by atomic mass is 10.1. The first-order chi connectivity index (χ1) is 10.6. The highest BCUT2D eigenvalue weighted by molar-refractivity contribution is 5.79. The van der Waals surface area contributed by atoms with E-state index in [1.54, 1.807) is 0 Å². The molecule has 0 fully saturated rings. The van der Waals surface area contributed by atoms with Crippen LogP contribution in [0.3, 0.4) is 0 Å². The SMILES string of the molecule is CN=C(NCCc1ccc(C)cc1)N(C)Cc1cccn1C. The average molecular weight is 298 g/mol. The number of benzene rings is 1. The lowest BCUT2D eigenvalue weighted by molar-refractivity contribution is 0.462. The molecule has 0 unspecified atom stereocenters. The number of aromatic nitrogens is 1. The van der Waals surface area contributed by atoms with Crippen molar-refractivity contribution in [2.45, 2.75) is 19.9 Å². The zero-order chi connectivity index (χ0) is 15.9. The zero-order valence-electron chi connectivity index (χ0n) is 14.0. The molecule has 0 spiro atoms. The van der Waals surface area contributed by atoms with Gasteiger partial charge in [-0.2, -0.15) is 0 Å². The molecule has 1 heterocycles. The van der Waals surface area contributed by atoms with Gasteiger partial charge in [0, 0.05) is 39.6 Å². The van der Waals surface area contributed by atoms with Crippen molar-refractivity contribution < 1.29 is 0 Å². The van der Waals surface area contributed by atoms with E-state index in [1.165, 1.54) is 16.8 Å². The Labute approximate surface area is 133 Å². The van der Waals surface area contributed by atoms with Crippen LogP contribution in [0.2, 0.25) is 0 Å². The summed E-state index contributed by atoms with van der Waals surface area (Å²) in [5, 5.41) is 3.43. The van der Waals surface area contributed by atoms with Gasteiger partial charge in [-0.1, -0.05) is 29.8 Å². The lowest BCUT2D eigenvalue weighted by Crippen LogP contribution is -2.39. The summed E-state index contributed by atoms with van der Waals surface area (Å²) in [4.78, 5) is 6.51. The molecule has 0 aliphatic rings. The largest absolute Gasteiger partial charge is 0.356 e. The van der Waals surface area contributed by atoms with Crippen LogP contribution in [0.4, 0.5) is 0 Å². The van der Waals surface area contributed by atoms with Crippen LogP contribution in [0.1, 0.15) is 16.8 Å². The molecular formula is C18H26N4. The summed E-state index contributed by atoms with van der Waals surface area (Å²) in [6, 6.07) is 12.9. The molecule has 0 radical (unpaired) electrons. The Kier molecular flexibility index (Phi) is 5.64. The van der Waals surface area contributed by atoms with Gasteiger partial charge >= 0.3 is 0 Å². The highest BCUT2D eigenvalue weighted by Gasteiger charge is 2.07. The fourth-order valence-corrected chi connectivity index (χ4v) is 2.44.